The predicted octanol–water partition coefficient (Wildman–Crippen LogP) is 1.15. The molecule has 1 rings (SSSR count). The van der Waals surface area contributed by atoms with E-state index in [9.17, 15) is 8.42 Å². The maximum absolute atomic E-state index is 11.1. The van der Waals surface area contributed by atoms with Gasteiger partial charge in [-0.15, -0.1) is 0 Å². The highest BCUT2D eigenvalue weighted by atomic mass is 32.2. The van der Waals surface area contributed by atoms with E-state index in [1.807, 2.05) is 6.92 Å². The molecule has 0 unspecified atom stereocenters. The highest BCUT2D eigenvalue weighted by Gasteiger charge is 2.09. The van der Waals surface area contributed by atoms with Crippen LogP contribution >= 0.6 is 0 Å². The third-order valence-corrected chi connectivity index (χ3v) is 2.63. The zero-order valence-electron chi connectivity index (χ0n) is 9.82. The Balaban J connectivity index is 2.89. The lowest BCUT2D eigenvalue weighted by Gasteiger charge is -2.06. The van der Waals surface area contributed by atoms with Gasteiger partial charge in [0.1, 0.15) is 17.4 Å². The highest BCUT2D eigenvalue weighted by molar-refractivity contribution is 7.89. The van der Waals surface area contributed by atoms with Gasteiger partial charge in [-0.3, -0.25) is 0 Å². The number of sulfone groups is 1. The molecule has 1 N–H and O–H groups in total. The van der Waals surface area contributed by atoms with Crippen LogP contribution in [-0.2, 0) is 15.6 Å². The van der Waals surface area contributed by atoms with Crippen LogP contribution in [0.4, 0.5) is 5.82 Å². The topological polar surface area (TPSA) is 72.0 Å². The molecule has 0 spiro atoms. The third-order valence-electron chi connectivity index (χ3n) is 1.85. The molecule has 0 aliphatic heterocycles. The van der Waals surface area contributed by atoms with E-state index in [4.69, 9.17) is 0 Å². The number of hydrogen-bond donors (Lipinski definition) is 1. The maximum atomic E-state index is 11.1. The summed E-state index contributed by atoms with van der Waals surface area (Å²) in [5.41, 5.74) is 0.771. The Morgan fingerprint density at radius 2 is 2.06 bits per heavy atom. The van der Waals surface area contributed by atoms with Crippen LogP contribution in [0, 0.1) is 6.92 Å². The molecule has 0 fully saturated rings. The monoisotopic (exact) mass is 243 g/mol. The molecule has 0 radical (unpaired) electrons. The van der Waals surface area contributed by atoms with Crippen LogP contribution in [0.5, 0.6) is 0 Å². The minimum atomic E-state index is -3.08. The van der Waals surface area contributed by atoms with Gasteiger partial charge in [0.25, 0.3) is 0 Å². The predicted molar refractivity (Wildman–Crippen MR) is 64.1 cm³/mol. The number of hydrogen-bond acceptors (Lipinski definition) is 5. The first-order valence-corrected chi connectivity index (χ1v) is 7.23. The zero-order chi connectivity index (χ0) is 12.2. The first-order chi connectivity index (χ1) is 7.40. The molecule has 1 aromatic heterocycles. The summed E-state index contributed by atoms with van der Waals surface area (Å²) in [6.45, 7) is 4.69. The molecule has 0 amide bonds. The molecule has 0 bridgehead atoms. The van der Waals surface area contributed by atoms with Crippen LogP contribution in [0.3, 0.4) is 0 Å². The van der Waals surface area contributed by atoms with Crippen molar-refractivity contribution in [3.63, 3.8) is 0 Å². The molecule has 90 valence electrons. The first-order valence-electron chi connectivity index (χ1n) is 5.17. The number of anilines is 1. The second-order valence-corrected chi connectivity index (χ2v) is 5.95. The van der Waals surface area contributed by atoms with Gasteiger partial charge in [-0.1, -0.05) is 6.92 Å². The summed E-state index contributed by atoms with van der Waals surface area (Å²) in [6, 6.07) is 1.81. The molecule has 5 nitrogen and oxygen atoms in total. The van der Waals surface area contributed by atoms with Crippen molar-refractivity contribution >= 4 is 15.7 Å². The summed E-state index contributed by atoms with van der Waals surface area (Å²) in [4.78, 5) is 8.25. The lowest BCUT2D eigenvalue weighted by Crippen LogP contribution is -2.09. The summed E-state index contributed by atoms with van der Waals surface area (Å²) in [5, 5.41) is 3.12. The summed E-state index contributed by atoms with van der Waals surface area (Å²) >= 11 is 0. The van der Waals surface area contributed by atoms with Crippen molar-refractivity contribution in [2.24, 2.45) is 0 Å². The standard InChI is InChI=1S/C10H17N3O2S/c1-4-5-11-9-6-8(2)12-10(13-9)7-16(3,14)15/h6H,4-5,7H2,1-3H3,(H,11,12,13). The van der Waals surface area contributed by atoms with Gasteiger partial charge in [-0.05, 0) is 13.3 Å². The Bertz CT molecular complexity index is 457. The van der Waals surface area contributed by atoms with E-state index in [-0.39, 0.29) is 5.75 Å². The van der Waals surface area contributed by atoms with Gasteiger partial charge in [0.05, 0.1) is 0 Å². The van der Waals surface area contributed by atoms with E-state index in [1.54, 1.807) is 6.07 Å². The van der Waals surface area contributed by atoms with E-state index < -0.39 is 9.84 Å². The normalized spacial score (nSPS) is 11.4. The quantitative estimate of drug-likeness (QED) is 0.840. The molecule has 1 aromatic rings. The van der Waals surface area contributed by atoms with Crippen molar-refractivity contribution < 1.29 is 8.42 Å². The van der Waals surface area contributed by atoms with Crippen LogP contribution < -0.4 is 5.32 Å². The summed E-state index contributed by atoms with van der Waals surface area (Å²) < 4.78 is 22.3. The molecule has 16 heavy (non-hydrogen) atoms. The number of aromatic nitrogens is 2. The minimum Gasteiger partial charge on any atom is -0.370 e. The van der Waals surface area contributed by atoms with Gasteiger partial charge < -0.3 is 5.32 Å². The molecule has 0 aromatic carbocycles. The fourth-order valence-electron chi connectivity index (χ4n) is 1.27. The SMILES string of the molecule is CCCNc1cc(C)nc(CS(C)(=O)=O)n1. The van der Waals surface area contributed by atoms with Crippen molar-refractivity contribution in [2.45, 2.75) is 26.0 Å². The van der Waals surface area contributed by atoms with E-state index in [0.29, 0.717) is 11.6 Å². The summed E-state index contributed by atoms with van der Waals surface area (Å²) in [7, 11) is -3.08. The number of nitrogens with zero attached hydrogens (tertiary/aromatic N) is 2. The number of rotatable bonds is 5. The van der Waals surface area contributed by atoms with Gasteiger partial charge in [0.15, 0.2) is 9.84 Å². The van der Waals surface area contributed by atoms with E-state index in [0.717, 1.165) is 18.7 Å². The fourth-order valence-corrected chi connectivity index (χ4v) is 1.87. The Hall–Kier alpha value is -1.17. The van der Waals surface area contributed by atoms with E-state index in [2.05, 4.69) is 22.2 Å². The minimum absolute atomic E-state index is 0.116. The fraction of sp³-hybridized carbons (Fsp3) is 0.600. The Labute approximate surface area is 96.2 Å². The van der Waals surface area contributed by atoms with E-state index >= 15 is 0 Å². The van der Waals surface area contributed by atoms with Gasteiger partial charge in [0, 0.05) is 24.6 Å². The molecular formula is C10H17N3O2S. The van der Waals surface area contributed by atoms with Gasteiger partial charge >= 0.3 is 0 Å². The second-order valence-electron chi connectivity index (χ2n) is 3.81. The molecule has 0 atom stereocenters. The highest BCUT2D eigenvalue weighted by Crippen LogP contribution is 2.08. The molecule has 0 aliphatic carbocycles. The number of nitrogens with one attached hydrogen (secondary N) is 1. The first kappa shape index (κ1) is 12.9. The van der Waals surface area contributed by atoms with Crippen LogP contribution in [0.25, 0.3) is 0 Å². The van der Waals surface area contributed by atoms with Crippen molar-refractivity contribution in [2.75, 3.05) is 18.1 Å². The largest absolute Gasteiger partial charge is 0.370 e. The molecular weight excluding hydrogens is 226 g/mol. The summed E-state index contributed by atoms with van der Waals surface area (Å²) in [5.74, 6) is 0.921. The third kappa shape index (κ3) is 4.57. The maximum Gasteiger partial charge on any atom is 0.154 e. The average Bonchev–Trinajstić information content (AvgIpc) is 2.10. The van der Waals surface area contributed by atoms with Crippen molar-refractivity contribution in [1.82, 2.24) is 9.97 Å². The Morgan fingerprint density at radius 1 is 1.38 bits per heavy atom. The molecule has 0 saturated heterocycles. The van der Waals surface area contributed by atoms with Crippen LogP contribution in [0.1, 0.15) is 24.9 Å². The van der Waals surface area contributed by atoms with Crippen LogP contribution in [0.15, 0.2) is 6.07 Å². The van der Waals surface area contributed by atoms with Crippen molar-refractivity contribution in [1.29, 1.82) is 0 Å². The second kappa shape index (κ2) is 5.25. The Kier molecular flexibility index (Phi) is 4.23. The lowest BCUT2D eigenvalue weighted by atomic mass is 10.4. The lowest BCUT2D eigenvalue weighted by molar-refractivity contribution is 0.599. The zero-order valence-corrected chi connectivity index (χ0v) is 10.6. The molecule has 0 aliphatic rings. The number of aryl methyl sites for hydroxylation is 1. The van der Waals surface area contributed by atoms with Crippen molar-refractivity contribution in [3.05, 3.63) is 17.6 Å². The average molecular weight is 243 g/mol. The van der Waals surface area contributed by atoms with Gasteiger partial charge in [0.2, 0.25) is 0 Å². The smallest absolute Gasteiger partial charge is 0.154 e. The van der Waals surface area contributed by atoms with Gasteiger partial charge in [-0.25, -0.2) is 18.4 Å². The molecule has 0 saturated carbocycles. The Morgan fingerprint density at radius 3 is 2.62 bits per heavy atom. The van der Waals surface area contributed by atoms with Crippen LogP contribution in [0.2, 0.25) is 0 Å². The molecule has 6 heteroatoms. The van der Waals surface area contributed by atoms with E-state index in [1.165, 1.54) is 6.26 Å². The van der Waals surface area contributed by atoms with Crippen LogP contribution in [-0.4, -0.2) is 31.2 Å². The van der Waals surface area contributed by atoms with Gasteiger partial charge in [-0.2, -0.15) is 0 Å². The summed E-state index contributed by atoms with van der Waals surface area (Å²) in [6.07, 6.45) is 2.17. The molecule has 1 heterocycles. The van der Waals surface area contributed by atoms with Crippen molar-refractivity contribution in [3.8, 4) is 0 Å².